The molecule has 7 heteroatoms. The number of aryl methyl sites for hydroxylation is 3. The number of thiazole rings is 1. The van der Waals surface area contributed by atoms with Gasteiger partial charge in [0.05, 0.1) is 23.4 Å². The quantitative estimate of drug-likeness (QED) is 0.558. The average Bonchev–Trinajstić information content (AvgIpc) is 3.21. The molecule has 164 valence electrons. The Morgan fingerprint density at radius 2 is 1.90 bits per heavy atom. The molecule has 0 saturated carbocycles. The number of anilines is 1. The molecule has 1 aromatic heterocycles. The van der Waals surface area contributed by atoms with Crippen molar-refractivity contribution in [3.8, 4) is 5.75 Å². The molecule has 1 amide bonds. The summed E-state index contributed by atoms with van der Waals surface area (Å²) < 4.78 is 12.4. The first kappa shape index (κ1) is 21.7. The number of carbonyl (C=O) groups excluding carboxylic acids is 1. The van der Waals surface area contributed by atoms with Crippen molar-refractivity contribution in [3.05, 3.63) is 53.1 Å². The molecule has 1 aliphatic heterocycles. The van der Waals surface area contributed by atoms with Crippen LogP contribution in [0.25, 0.3) is 10.2 Å². The molecule has 1 saturated heterocycles. The van der Waals surface area contributed by atoms with Crippen molar-refractivity contribution in [2.24, 2.45) is 0 Å². The van der Waals surface area contributed by atoms with E-state index in [4.69, 9.17) is 14.5 Å². The number of carbonyl (C=O) groups is 1. The number of benzene rings is 2. The Bertz CT molecular complexity index is 1060. The van der Waals surface area contributed by atoms with E-state index in [2.05, 4.69) is 30.9 Å². The van der Waals surface area contributed by atoms with E-state index in [-0.39, 0.29) is 12.5 Å². The molecule has 6 nitrogen and oxygen atoms in total. The van der Waals surface area contributed by atoms with Gasteiger partial charge in [-0.3, -0.25) is 14.6 Å². The summed E-state index contributed by atoms with van der Waals surface area (Å²) in [5, 5.41) is 0.732. The van der Waals surface area contributed by atoms with Gasteiger partial charge in [-0.2, -0.15) is 0 Å². The normalized spacial score (nSPS) is 14.7. The van der Waals surface area contributed by atoms with Gasteiger partial charge in [-0.1, -0.05) is 35.6 Å². The van der Waals surface area contributed by atoms with Gasteiger partial charge in [-0.05, 0) is 49.6 Å². The maximum Gasteiger partial charge on any atom is 0.266 e. The van der Waals surface area contributed by atoms with Crippen molar-refractivity contribution in [1.82, 2.24) is 9.88 Å². The van der Waals surface area contributed by atoms with Crippen molar-refractivity contribution in [1.29, 1.82) is 0 Å². The van der Waals surface area contributed by atoms with E-state index < -0.39 is 0 Å². The number of fused-ring (bicyclic) bond motifs is 1. The van der Waals surface area contributed by atoms with E-state index in [9.17, 15) is 4.79 Å². The molecule has 3 aromatic rings. The minimum atomic E-state index is -0.0788. The van der Waals surface area contributed by atoms with Crippen molar-refractivity contribution in [2.45, 2.75) is 20.8 Å². The first-order chi connectivity index (χ1) is 15.0. The molecule has 0 bridgehead atoms. The van der Waals surface area contributed by atoms with Gasteiger partial charge in [0, 0.05) is 26.2 Å². The number of para-hydroxylation sites is 1. The predicted molar refractivity (Wildman–Crippen MR) is 125 cm³/mol. The van der Waals surface area contributed by atoms with Gasteiger partial charge in [-0.25, -0.2) is 4.98 Å². The third kappa shape index (κ3) is 5.06. The van der Waals surface area contributed by atoms with E-state index in [1.54, 1.807) is 16.2 Å². The van der Waals surface area contributed by atoms with Crippen LogP contribution in [0, 0.1) is 20.8 Å². The van der Waals surface area contributed by atoms with E-state index in [1.807, 2.05) is 31.2 Å². The Balaban J connectivity index is 1.55. The number of ether oxygens (including phenoxy) is 2. The summed E-state index contributed by atoms with van der Waals surface area (Å²) >= 11 is 1.56. The van der Waals surface area contributed by atoms with Crippen LogP contribution in [0.3, 0.4) is 0 Å². The standard InChI is InChI=1S/C24H29N3O3S/c1-17-8-9-21-23(19(17)3)25-24(31-21)27(11-10-26-12-14-29-15-13-26)22(28)16-30-20-7-5-4-6-18(20)2/h4-9H,10-16H2,1-3H3. The van der Waals surface area contributed by atoms with E-state index in [1.165, 1.54) is 5.56 Å². The number of hydrogen-bond acceptors (Lipinski definition) is 6. The van der Waals surface area contributed by atoms with Crippen molar-refractivity contribution in [3.63, 3.8) is 0 Å². The first-order valence-corrected chi connectivity index (χ1v) is 11.5. The Kier molecular flexibility index (Phi) is 6.85. The Morgan fingerprint density at radius 1 is 1.13 bits per heavy atom. The van der Waals surface area contributed by atoms with E-state index >= 15 is 0 Å². The van der Waals surface area contributed by atoms with Crippen LogP contribution in [0.2, 0.25) is 0 Å². The second-order valence-electron chi connectivity index (χ2n) is 7.90. The van der Waals surface area contributed by atoms with Crippen LogP contribution < -0.4 is 9.64 Å². The van der Waals surface area contributed by atoms with Gasteiger partial charge in [0.1, 0.15) is 5.75 Å². The highest BCUT2D eigenvalue weighted by Crippen LogP contribution is 2.32. The lowest BCUT2D eigenvalue weighted by atomic mass is 10.1. The monoisotopic (exact) mass is 439 g/mol. The predicted octanol–water partition coefficient (Wildman–Crippen LogP) is 3.97. The number of aromatic nitrogens is 1. The SMILES string of the molecule is Cc1ccccc1OCC(=O)N(CCN1CCOCC1)c1nc2c(C)c(C)ccc2s1. The van der Waals surface area contributed by atoms with Crippen LogP contribution in [-0.4, -0.2) is 61.8 Å². The van der Waals surface area contributed by atoms with Gasteiger partial charge < -0.3 is 9.47 Å². The number of amides is 1. The molecule has 4 rings (SSSR count). The third-order valence-electron chi connectivity index (χ3n) is 5.79. The topological polar surface area (TPSA) is 54.9 Å². The zero-order valence-corrected chi connectivity index (χ0v) is 19.2. The Labute approximate surface area is 187 Å². The maximum absolute atomic E-state index is 13.3. The van der Waals surface area contributed by atoms with Crippen molar-refractivity contribution >= 4 is 32.6 Å². The van der Waals surface area contributed by atoms with Crippen LogP contribution in [0.4, 0.5) is 5.13 Å². The highest BCUT2D eigenvalue weighted by Gasteiger charge is 2.23. The molecule has 1 fully saturated rings. The minimum Gasteiger partial charge on any atom is -0.483 e. The lowest BCUT2D eigenvalue weighted by molar-refractivity contribution is -0.120. The number of hydrogen-bond donors (Lipinski definition) is 0. The summed E-state index contributed by atoms with van der Waals surface area (Å²) in [6.07, 6.45) is 0. The number of nitrogens with zero attached hydrogens (tertiary/aromatic N) is 3. The summed E-state index contributed by atoms with van der Waals surface area (Å²) in [5.41, 5.74) is 4.36. The second-order valence-corrected chi connectivity index (χ2v) is 8.91. The molecule has 31 heavy (non-hydrogen) atoms. The molecule has 0 N–H and O–H groups in total. The molecule has 2 heterocycles. The van der Waals surface area contributed by atoms with E-state index in [0.717, 1.165) is 65.1 Å². The van der Waals surface area contributed by atoms with Crippen LogP contribution in [-0.2, 0) is 9.53 Å². The largest absolute Gasteiger partial charge is 0.483 e. The zero-order valence-electron chi connectivity index (χ0n) is 18.4. The minimum absolute atomic E-state index is 0.0120. The van der Waals surface area contributed by atoms with Gasteiger partial charge in [0.2, 0.25) is 0 Å². The fourth-order valence-corrected chi connectivity index (χ4v) is 4.73. The lowest BCUT2D eigenvalue weighted by Gasteiger charge is -2.29. The fraction of sp³-hybridized carbons (Fsp3) is 0.417. The summed E-state index contributed by atoms with van der Waals surface area (Å²) in [4.78, 5) is 22.2. The molecule has 1 aliphatic rings. The fourth-order valence-electron chi connectivity index (χ4n) is 3.66. The summed E-state index contributed by atoms with van der Waals surface area (Å²) in [6, 6.07) is 12.0. The zero-order chi connectivity index (χ0) is 21.8. The summed E-state index contributed by atoms with van der Waals surface area (Å²) in [7, 11) is 0. The van der Waals surface area contributed by atoms with Crippen LogP contribution in [0.15, 0.2) is 36.4 Å². The number of rotatable bonds is 7. The highest BCUT2D eigenvalue weighted by molar-refractivity contribution is 7.22. The molecular weight excluding hydrogens is 410 g/mol. The highest BCUT2D eigenvalue weighted by atomic mass is 32.1. The average molecular weight is 440 g/mol. The lowest BCUT2D eigenvalue weighted by Crippen LogP contribution is -2.44. The molecular formula is C24H29N3O3S. The first-order valence-electron chi connectivity index (χ1n) is 10.7. The smallest absolute Gasteiger partial charge is 0.266 e. The van der Waals surface area contributed by atoms with E-state index in [0.29, 0.717) is 6.54 Å². The Hall–Kier alpha value is -2.48. The summed E-state index contributed by atoms with van der Waals surface area (Å²) in [5.74, 6) is 0.657. The van der Waals surface area contributed by atoms with Gasteiger partial charge >= 0.3 is 0 Å². The molecule has 0 atom stereocenters. The maximum atomic E-state index is 13.3. The molecule has 0 aliphatic carbocycles. The molecule has 0 spiro atoms. The summed E-state index contributed by atoms with van der Waals surface area (Å²) in [6.45, 7) is 10.8. The van der Waals surface area contributed by atoms with Gasteiger partial charge in [0.25, 0.3) is 5.91 Å². The third-order valence-corrected chi connectivity index (χ3v) is 6.84. The van der Waals surface area contributed by atoms with Crippen molar-refractivity contribution < 1.29 is 14.3 Å². The van der Waals surface area contributed by atoms with Crippen LogP contribution in [0.5, 0.6) is 5.75 Å². The molecule has 0 unspecified atom stereocenters. The second kappa shape index (κ2) is 9.77. The van der Waals surface area contributed by atoms with Gasteiger partial charge in [-0.15, -0.1) is 0 Å². The Morgan fingerprint density at radius 3 is 2.68 bits per heavy atom. The van der Waals surface area contributed by atoms with Crippen LogP contribution >= 0.6 is 11.3 Å². The molecule has 2 aromatic carbocycles. The number of morpholine rings is 1. The van der Waals surface area contributed by atoms with Crippen LogP contribution in [0.1, 0.15) is 16.7 Å². The van der Waals surface area contributed by atoms with Crippen molar-refractivity contribution in [2.75, 3.05) is 50.9 Å². The molecule has 0 radical (unpaired) electrons. The van der Waals surface area contributed by atoms with Gasteiger partial charge in [0.15, 0.2) is 11.7 Å².